The molecule has 1 atom stereocenters. The highest BCUT2D eigenvalue weighted by molar-refractivity contribution is 5.21. The van der Waals surface area contributed by atoms with E-state index in [-0.39, 0.29) is 0 Å². The molecule has 2 aliphatic rings. The van der Waals surface area contributed by atoms with Gasteiger partial charge in [0, 0.05) is 0 Å². The van der Waals surface area contributed by atoms with Crippen LogP contribution in [-0.4, -0.2) is 6.54 Å². The molecule has 1 aliphatic heterocycles. The molecule has 0 amide bonds. The minimum Gasteiger partial charge on any atom is -0.184 e. The number of hydrogen-bond donors (Lipinski definition) is 0. The summed E-state index contributed by atoms with van der Waals surface area (Å²) in [6.07, 6.45) is 3.77. The van der Waals surface area contributed by atoms with Gasteiger partial charge in [-0.15, -0.1) is 0 Å². The van der Waals surface area contributed by atoms with Gasteiger partial charge in [0.25, 0.3) is 0 Å². The molecule has 0 fully saturated rings. The lowest BCUT2D eigenvalue weighted by atomic mass is 9.81. The van der Waals surface area contributed by atoms with Crippen LogP contribution in [0.5, 0.6) is 0 Å². The fourth-order valence-corrected chi connectivity index (χ4v) is 2.06. The van der Waals surface area contributed by atoms with Gasteiger partial charge in [0.05, 0.1) is 12.2 Å². The number of allylic oxidation sites excluding steroid dienone is 1. The lowest BCUT2D eigenvalue weighted by Gasteiger charge is -2.24. The van der Waals surface area contributed by atoms with Gasteiger partial charge in [0.15, 0.2) is 0 Å². The van der Waals surface area contributed by atoms with E-state index in [1.807, 2.05) is 0 Å². The van der Waals surface area contributed by atoms with Crippen LogP contribution in [0.15, 0.2) is 21.5 Å². The molecule has 0 radical (unpaired) electrons. The van der Waals surface area contributed by atoms with E-state index in [9.17, 15) is 0 Å². The smallest absolute Gasteiger partial charge is 0.0834 e. The highest BCUT2D eigenvalue weighted by Crippen LogP contribution is 2.36. The summed E-state index contributed by atoms with van der Waals surface area (Å²) in [5, 5.41) is 8.27. The maximum absolute atomic E-state index is 4.19. The Labute approximate surface area is 73.8 Å². The van der Waals surface area contributed by atoms with Gasteiger partial charge < -0.3 is 0 Å². The first kappa shape index (κ1) is 7.96. The number of rotatable bonds is 1. The summed E-state index contributed by atoms with van der Waals surface area (Å²) in [6.45, 7) is 5.50. The van der Waals surface area contributed by atoms with Crippen LogP contribution in [-0.2, 0) is 0 Å². The van der Waals surface area contributed by atoms with Crippen molar-refractivity contribution in [3.63, 3.8) is 0 Å². The standard InChI is InChI=1S/C10H16N2/c1-7(2)8-3-4-9-6-11-12-10(9)5-8/h7-8H,3-6H2,1-2H3. The summed E-state index contributed by atoms with van der Waals surface area (Å²) in [5.74, 6) is 1.65. The third-order valence-corrected chi connectivity index (χ3v) is 3.08. The largest absolute Gasteiger partial charge is 0.184 e. The van der Waals surface area contributed by atoms with Crippen molar-refractivity contribution in [2.75, 3.05) is 6.54 Å². The Hall–Kier alpha value is -0.660. The van der Waals surface area contributed by atoms with Crippen molar-refractivity contribution in [2.24, 2.45) is 22.1 Å². The van der Waals surface area contributed by atoms with Crippen LogP contribution >= 0.6 is 0 Å². The Bertz CT molecular complexity index is 238. The third-order valence-electron chi connectivity index (χ3n) is 3.08. The molecule has 2 heteroatoms. The van der Waals surface area contributed by atoms with E-state index >= 15 is 0 Å². The zero-order valence-corrected chi connectivity index (χ0v) is 7.88. The van der Waals surface area contributed by atoms with Crippen LogP contribution in [0.3, 0.4) is 0 Å². The van der Waals surface area contributed by atoms with Crippen molar-refractivity contribution in [1.29, 1.82) is 0 Å². The lowest BCUT2D eigenvalue weighted by Crippen LogP contribution is -2.14. The third kappa shape index (κ3) is 1.30. The highest BCUT2D eigenvalue weighted by atomic mass is 15.1. The highest BCUT2D eigenvalue weighted by Gasteiger charge is 2.25. The van der Waals surface area contributed by atoms with E-state index in [4.69, 9.17) is 0 Å². The van der Waals surface area contributed by atoms with Crippen molar-refractivity contribution in [3.05, 3.63) is 11.3 Å². The van der Waals surface area contributed by atoms with Crippen LogP contribution < -0.4 is 0 Å². The van der Waals surface area contributed by atoms with Gasteiger partial charge in [-0.25, -0.2) is 0 Å². The second-order valence-electron chi connectivity index (χ2n) is 4.20. The van der Waals surface area contributed by atoms with Gasteiger partial charge in [0.1, 0.15) is 0 Å². The van der Waals surface area contributed by atoms with E-state index in [2.05, 4.69) is 24.1 Å². The molecular formula is C10H16N2. The van der Waals surface area contributed by atoms with Crippen LogP contribution in [0, 0.1) is 11.8 Å². The molecular weight excluding hydrogens is 148 g/mol. The summed E-state index contributed by atoms with van der Waals surface area (Å²) in [7, 11) is 0. The Kier molecular flexibility index (Phi) is 1.99. The average Bonchev–Trinajstić information content (AvgIpc) is 2.49. The van der Waals surface area contributed by atoms with Crippen LogP contribution in [0.2, 0.25) is 0 Å². The fourth-order valence-electron chi connectivity index (χ4n) is 2.06. The first-order valence-corrected chi connectivity index (χ1v) is 4.86. The zero-order valence-electron chi connectivity index (χ0n) is 7.88. The first-order chi connectivity index (χ1) is 5.77. The molecule has 2 rings (SSSR count). The van der Waals surface area contributed by atoms with Crippen LogP contribution in [0.4, 0.5) is 0 Å². The molecule has 66 valence electrons. The van der Waals surface area contributed by atoms with E-state index in [1.54, 1.807) is 0 Å². The minimum absolute atomic E-state index is 0.801. The molecule has 0 spiro atoms. The normalized spacial score (nSPS) is 28.4. The second kappa shape index (κ2) is 3.00. The van der Waals surface area contributed by atoms with E-state index in [1.165, 1.54) is 30.5 Å². The van der Waals surface area contributed by atoms with E-state index in [0.717, 1.165) is 18.4 Å². The van der Waals surface area contributed by atoms with Gasteiger partial charge in [-0.1, -0.05) is 13.8 Å². The van der Waals surface area contributed by atoms with Gasteiger partial charge >= 0.3 is 0 Å². The summed E-state index contributed by atoms with van der Waals surface area (Å²) >= 11 is 0. The Morgan fingerprint density at radius 2 is 2.25 bits per heavy atom. The molecule has 0 aromatic rings. The predicted molar refractivity (Wildman–Crippen MR) is 48.9 cm³/mol. The summed E-state index contributed by atoms with van der Waals surface area (Å²) in [4.78, 5) is 0. The van der Waals surface area contributed by atoms with Crippen LogP contribution in [0.1, 0.15) is 33.1 Å². The molecule has 0 N–H and O–H groups in total. The lowest BCUT2D eigenvalue weighted by molar-refractivity contribution is 0.342. The summed E-state index contributed by atoms with van der Waals surface area (Å²) in [6, 6.07) is 0. The minimum atomic E-state index is 0.801. The molecule has 1 heterocycles. The number of azo groups is 1. The van der Waals surface area contributed by atoms with E-state index < -0.39 is 0 Å². The summed E-state index contributed by atoms with van der Waals surface area (Å²) < 4.78 is 0. The Morgan fingerprint density at radius 3 is 3.00 bits per heavy atom. The fraction of sp³-hybridized carbons (Fsp3) is 0.800. The maximum atomic E-state index is 4.19. The molecule has 0 bridgehead atoms. The topological polar surface area (TPSA) is 24.7 Å². The Balaban J connectivity index is 2.08. The van der Waals surface area contributed by atoms with E-state index in [0.29, 0.717) is 0 Å². The molecule has 2 nitrogen and oxygen atoms in total. The van der Waals surface area contributed by atoms with Crippen molar-refractivity contribution >= 4 is 0 Å². The van der Waals surface area contributed by atoms with Gasteiger partial charge in [0.2, 0.25) is 0 Å². The average molecular weight is 164 g/mol. The molecule has 12 heavy (non-hydrogen) atoms. The molecule has 1 aliphatic carbocycles. The molecule has 0 aromatic heterocycles. The second-order valence-corrected chi connectivity index (χ2v) is 4.20. The predicted octanol–water partition coefficient (Wildman–Crippen LogP) is 3.16. The zero-order chi connectivity index (χ0) is 8.55. The van der Waals surface area contributed by atoms with Gasteiger partial charge in [-0.05, 0) is 36.7 Å². The number of hydrogen-bond acceptors (Lipinski definition) is 2. The van der Waals surface area contributed by atoms with Crippen molar-refractivity contribution in [1.82, 2.24) is 0 Å². The van der Waals surface area contributed by atoms with Gasteiger partial charge in [-0.3, -0.25) is 0 Å². The SMILES string of the molecule is CC(C)C1CCC2=C(C1)N=NC2. The monoisotopic (exact) mass is 164 g/mol. The molecule has 1 unspecified atom stereocenters. The van der Waals surface area contributed by atoms with Crippen molar-refractivity contribution in [2.45, 2.75) is 33.1 Å². The number of nitrogens with zero attached hydrogens (tertiary/aromatic N) is 2. The van der Waals surface area contributed by atoms with Gasteiger partial charge in [-0.2, -0.15) is 10.2 Å². The first-order valence-electron chi connectivity index (χ1n) is 4.86. The van der Waals surface area contributed by atoms with Crippen LogP contribution in [0.25, 0.3) is 0 Å². The van der Waals surface area contributed by atoms with Crippen molar-refractivity contribution in [3.8, 4) is 0 Å². The molecule has 0 saturated heterocycles. The molecule has 0 aromatic carbocycles. The summed E-state index contributed by atoms with van der Waals surface area (Å²) in [5.41, 5.74) is 2.81. The Morgan fingerprint density at radius 1 is 1.42 bits per heavy atom. The maximum Gasteiger partial charge on any atom is 0.0834 e. The van der Waals surface area contributed by atoms with Crippen molar-refractivity contribution < 1.29 is 0 Å². The quantitative estimate of drug-likeness (QED) is 0.568. The molecule has 0 saturated carbocycles.